The van der Waals surface area contributed by atoms with Gasteiger partial charge in [-0.15, -0.1) is 11.3 Å². The predicted octanol–water partition coefficient (Wildman–Crippen LogP) is 2.23. The minimum Gasteiger partial charge on any atom is -0.271 e. The Morgan fingerprint density at radius 2 is 2.00 bits per heavy atom. The van der Waals surface area contributed by atoms with Crippen molar-refractivity contribution in [2.75, 3.05) is 5.43 Å². The third-order valence-corrected chi connectivity index (χ3v) is 6.65. The van der Waals surface area contributed by atoms with Crippen LogP contribution in [0.25, 0.3) is 21.3 Å². The molecule has 2 aliphatic rings. The number of aromatic nitrogens is 2. The minimum absolute atomic E-state index is 0.207. The van der Waals surface area contributed by atoms with Gasteiger partial charge < -0.3 is 0 Å². The van der Waals surface area contributed by atoms with Crippen LogP contribution in [0.4, 0.5) is 0 Å². The lowest BCUT2D eigenvalue weighted by molar-refractivity contribution is -0.119. The van der Waals surface area contributed by atoms with E-state index in [4.69, 9.17) is 0 Å². The molecule has 1 amide bonds. The Hall–Kier alpha value is -2.55. The zero-order valence-corrected chi connectivity index (χ0v) is 16.0. The molecule has 7 nitrogen and oxygen atoms in total. The molecule has 2 fully saturated rings. The van der Waals surface area contributed by atoms with Crippen molar-refractivity contribution in [2.45, 2.75) is 37.8 Å². The smallest absolute Gasteiger partial charge is 0.271 e. The number of fused-ring (bicyclic) bond motifs is 2. The van der Waals surface area contributed by atoms with Gasteiger partial charge in [-0.1, -0.05) is 43.2 Å². The van der Waals surface area contributed by atoms with Gasteiger partial charge >= 0.3 is 0 Å². The third-order valence-electron chi connectivity index (χ3n) is 5.76. The van der Waals surface area contributed by atoms with Crippen molar-refractivity contribution >= 4 is 27.5 Å². The summed E-state index contributed by atoms with van der Waals surface area (Å²) in [4.78, 5) is 31.0. The quantitative estimate of drug-likeness (QED) is 0.633. The van der Waals surface area contributed by atoms with Crippen LogP contribution in [0.2, 0.25) is 0 Å². The molecule has 3 N–H and O–H groups in total. The second-order valence-corrected chi connectivity index (χ2v) is 8.27. The molecular formula is C20H21N5O2S. The lowest BCUT2D eigenvalue weighted by Gasteiger charge is -2.26. The van der Waals surface area contributed by atoms with E-state index in [0.717, 1.165) is 30.4 Å². The second kappa shape index (κ2) is 7.12. The van der Waals surface area contributed by atoms with E-state index in [0.29, 0.717) is 16.3 Å². The molecule has 1 saturated heterocycles. The van der Waals surface area contributed by atoms with Gasteiger partial charge in [-0.05, 0) is 18.4 Å². The van der Waals surface area contributed by atoms with Gasteiger partial charge in [0.2, 0.25) is 0 Å². The molecule has 0 spiro atoms. The van der Waals surface area contributed by atoms with Crippen molar-refractivity contribution in [1.29, 1.82) is 0 Å². The molecular weight excluding hydrogens is 374 g/mol. The fraction of sp³-hybridized carbons (Fsp3) is 0.350. The Balaban J connectivity index is 1.46. The highest BCUT2D eigenvalue weighted by Crippen LogP contribution is 2.31. The Labute approximate surface area is 165 Å². The van der Waals surface area contributed by atoms with E-state index in [1.165, 1.54) is 28.8 Å². The topological polar surface area (TPSA) is 88.0 Å². The summed E-state index contributed by atoms with van der Waals surface area (Å²) in [7, 11) is 0. The maximum absolute atomic E-state index is 13.1. The highest BCUT2D eigenvalue weighted by Gasteiger charge is 2.41. The van der Waals surface area contributed by atoms with E-state index >= 15 is 0 Å². The first kappa shape index (κ1) is 17.5. The van der Waals surface area contributed by atoms with Crippen LogP contribution in [-0.2, 0) is 4.79 Å². The van der Waals surface area contributed by atoms with E-state index in [-0.39, 0.29) is 23.4 Å². The molecule has 3 aromatic rings. The second-order valence-electron chi connectivity index (χ2n) is 7.41. The fourth-order valence-corrected chi connectivity index (χ4v) is 5.24. The number of thiophene rings is 1. The van der Waals surface area contributed by atoms with Crippen LogP contribution in [0.1, 0.15) is 25.7 Å². The third kappa shape index (κ3) is 2.94. The summed E-state index contributed by atoms with van der Waals surface area (Å²) in [5.41, 5.74) is 10.6. The summed E-state index contributed by atoms with van der Waals surface area (Å²) < 4.78 is 1.21. The van der Waals surface area contributed by atoms with Crippen molar-refractivity contribution < 1.29 is 4.79 Å². The number of amides is 1. The highest BCUT2D eigenvalue weighted by molar-refractivity contribution is 7.17. The number of hydrogen-bond donors (Lipinski definition) is 3. The number of benzene rings is 1. The summed E-state index contributed by atoms with van der Waals surface area (Å²) in [6.07, 6.45) is 5.80. The minimum atomic E-state index is -0.344. The molecule has 144 valence electrons. The van der Waals surface area contributed by atoms with Crippen LogP contribution in [0, 0.1) is 5.92 Å². The number of carbonyl (C=O) groups is 1. The molecule has 3 atom stereocenters. The number of rotatable bonds is 3. The zero-order valence-electron chi connectivity index (χ0n) is 15.2. The van der Waals surface area contributed by atoms with Gasteiger partial charge in [0.15, 0.2) is 0 Å². The van der Waals surface area contributed by atoms with Crippen LogP contribution in [0.5, 0.6) is 0 Å². The average Bonchev–Trinajstić information content (AvgIpc) is 3.35. The van der Waals surface area contributed by atoms with Gasteiger partial charge in [0, 0.05) is 22.9 Å². The molecule has 3 unspecified atom stereocenters. The van der Waals surface area contributed by atoms with E-state index in [1.54, 1.807) is 0 Å². The molecule has 2 aromatic heterocycles. The molecule has 5 rings (SSSR count). The monoisotopic (exact) mass is 395 g/mol. The van der Waals surface area contributed by atoms with Gasteiger partial charge in [0.05, 0.1) is 5.39 Å². The number of hydrazine groups is 1. The number of nitrogens with one attached hydrogen (secondary N) is 3. The average molecular weight is 395 g/mol. The zero-order chi connectivity index (χ0) is 19.1. The van der Waals surface area contributed by atoms with Crippen LogP contribution in [0.3, 0.4) is 0 Å². The maximum atomic E-state index is 13.1. The fourth-order valence-electron chi connectivity index (χ4n) is 4.33. The SMILES string of the molecule is O=C(Nn1cnc2scc(-c3ccccc3)c2c1=O)C1NNC2CCCCC21. The highest BCUT2D eigenvalue weighted by atomic mass is 32.1. The number of nitrogens with zero attached hydrogens (tertiary/aromatic N) is 2. The summed E-state index contributed by atoms with van der Waals surface area (Å²) in [5.74, 6) is 0.0452. The predicted molar refractivity (Wildman–Crippen MR) is 109 cm³/mol. The summed E-state index contributed by atoms with van der Waals surface area (Å²) in [6.45, 7) is 0. The van der Waals surface area contributed by atoms with Crippen LogP contribution in [0.15, 0.2) is 46.8 Å². The van der Waals surface area contributed by atoms with Gasteiger partial charge in [0.1, 0.15) is 17.2 Å². The first-order valence-corrected chi connectivity index (χ1v) is 10.5. The molecule has 1 aromatic carbocycles. The summed E-state index contributed by atoms with van der Waals surface area (Å²) in [6, 6.07) is 9.73. The molecule has 3 heterocycles. The summed E-state index contributed by atoms with van der Waals surface area (Å²) >= 11 is 1.43. The molecule has 1 aliphatic carbocycles. The Morgan fingerprint density at radius 3 is 2.86 bits per heavy atom. The van der Waals surface area contributed by atoms with Gasteiger partial charge in [-0.2, -0.15) is 0 Å². The van der Waals surface area contributed by atoms with E-state index < -0.39 is 0 Å². The molecule has 0 radical (unpaired) electrons. The molecule has 0 bridgehead atoms. The Kier molecular flexibility index (Phi) is 4.46. The van der Waals surface area contributed by atoms with Crippen LogP contribution < -0.4 is 21.8 Å². The Morgan fingerprint density at radius 1 is 1.18 bits per heavy atom. The lowest BCUT2D eigenvalue weighted by atomic mass is 9.81. The van der Waals surface area contributed by atoms with Crippen molar-refractivity contribution in [2.24, 2.45) is 5.92 Å². The van der Waals surface area contributed by atoms with E-state index in [1.807, 2.05) is 35.7 Å². The van der Waals surface area contributed by atoms with Gasteiger partial charge in [0.25, 0.3) is 11.5 Å². The maximum Gasteiger partial charge on any atom is 0.281 e. The largest absolute Gasteiger partial charge is 0.281 e. The van der Waals surface area contributed by atoms with Crippen LogP contribution in [-0.4, -0.2) is 27.7 Å². The standard InChI is InChI=1S/C20H21N5O2S/c26-18(17-13-8-4-5-9-15(13)22-23-17)24-25-11-21-19-16(20(25)27)14(10-28-19)12-6-2-1-3-7-12/h1-3,6-7,10-11,13,15,17,22-23H,4-5,8-9H2,(H,24,26). The molecule has 1 aliphatic heterocycles. The van der Waals surface area contributed by atoms with Crippen molar-refractivity contribution in [3.8, 4) is 11.1 Å². The Bertz CT molecular complexity index is 1080. The van der Waals surface area contributed by atoms with Crippen molar-refractivity contribution in [3.63, 3.8) is 0 Å². The van der Waals surface area contributed by atoms with Crippen molar-refractivity contribution in [1.82, 2.24) is 20.5 Å². The number of carbonyl (C=O) groups excluding carboxylic acids is 1. The molecule has 8 heteroatoms. The van der Waals surface area contributed by atoms with Crippen LogP contribution >= 0.6 is 11.3 Å². The first-order valence-electron chi connectivity index (χ1n) is 9.58. The summed E-state index contributed by atoms with van der Waals surface area (Å²) in [5, 5.41) is 2.47. The van der Waals surface area contributed by atoms with Gasteiger partial charge in [-0.3, -0.25) is 20.4 Å². The number of hydrogen-bond acceptors (Lipinski definition) is 6. The van der Waals surface area contributed by atoms with Gasteiger partial charge in [-0.25, -0.2) is 15.1 Å². The van der Waals surface area contributed by atoms with E-state index in [2.05, 4.69) is 21.3 Å². The molecule has 1 saturated carbocycles. The van der Waals surface area contributed by atoms with Crippen molar-refractivity contribution in [3.05, 3.63) is 52.4 Å². The molecule has 28 heavy (non-hydrogen) atoms. The first-order chi connectivity index (χ1) is 13.7. The lowest BCUT2D eigenvalue weighted by Crippen LogP contribution is -2.46. The van der Waals surface area contributed by atoms with E-state index in [9.17, 15) is 9.59 Å². The normalized spacial score (nSPS) is 24.2.